The summed E-state index contributed by atoms with van der Waals surface area (Å²) in [4.78, 5) is 25.8. The highest BCUT2D eigenvalue weighted by Gasteiger charge is 2.17. The third-order valence-corrected chi connectivity index (χ3v) is 5.16. The SMILES string of the molecule is Cc1cccc(-n2nc(CC(=O)Nc3ccc(F)cc3F)cc2-c2ccc3nccnc3c2)n1. The molecule has 0 aliphatic heterocycles. The van der Waals surface area contributed by atoms with E-state index in [2.05, 4.69) is 25.4 Å². The Balaban J connectivity index is 1.51. The van der Waals surface area contributed by atoms with Gasteiger partial charge in [-0.15, -0.1) is 0 Å². The van der Waals surface area contributed by atoms with Crippen molar-refractivity contribution in [3.05, 3.63) is 96.1 Å². The molecule has 0 bridgehead atoms. The zero-order chi connectivity index (χ0) is 23.7. The number of pyridine rings is 1. The van der Waals surface area contributed by atoms with Crippen molar-refractivity contribution in [3.8, 4) is 17.1 Å². The van der Waals surface area contributed by atoms with Crippen LogP contribution in [-0.4, -0.2) is 30.6 Å². The molecule has 1 N–H and O–H groups in total. The molecule has 3 heterocycles. The number of fused-ring (bicyclic) bond motifs is 1. The molecule has 9 heteroatoms. The number of nitrogens with zero attached hydrogens (tertiary/aromatic N) is 5. The Kier molecular flexibility index (Phi) is 5.51. The molecule has 0 aliphatic carbocycles. The molecular formula is C25H18F2N6O. The summed E-state index contributed by atoms with van der Waals surface area (Å²) >= 11 is 0. The molecule has 0 aliphatic rings. The molecule has 168 valence electrons. The molecule has 0 saturated heterocycles. The van der Waals surface area contributed by atoms with Gasteiger partial charge in [0.05, 0.1) is 34.5 Å². The summed E-state index contributed by atoms with van der Waals surface area (Å²) < 4.78 is 28.7. The summed E-state index contributed by atoms with van der Waals surface area (Å²) in [7, 11) is 0. The predicted octanol–water partition coefficient (Wildman–Crippen LogP) is 4.65. The molecule has 5 rings (SSSR count). The first kappa shape index (κ1) is 21.3. The van der Waals surface area contributed by atoms with Crippen LogP contribution in [0.4, 0.5) is 14.5 Å². The molecule has 3 aromatic heterocycles. The standard InChI is InChI=1S/C25H18F2N6O/c1-15-3-2-4-24(30-15)33-23(16-5-7-21-22(11-16)29-10-9-28-21)13-18(32-33)14-25(34)31-20-8-6-17(26)12-19(20)27/h2-13H,14H2,1H3,(H,31,34). The van der Waals surface area contributed by atoms with Gasteiger partial charge in [-0.1, -0.05) is 12.1 Å². The lowest BCUT2D eigenvalue weighted by atomic mass is 10.1. The Hall–Kier alpha value is -4.53. The van der Waals surface area contributed by atoms with E-state index in [1.807, 2.05) is 43.3 Å². The second kappa shape index (κ2) is 8.78. The lowest BCUT2D eigenvalue weighted by Gasteiger charge is -2.08. The van der Waals surface area contributed by atoms with Crippen LogP contribution in [0.1, 0.15) is 11.4 Å². The number of aryl methyl sites for hydroxylation is 1. The summed E-state index contributed by atoms with van der Waals surface area (Å²) in [6, 6.07) is 16.0. The lowest BCUT2D eigenvalue weighted by Crippen LogP contribution is -2.16. The third kappa shape index (κ3) is 4.36. The van der Waals surface area contributed by atoms with Crippen LogP contribution in [0.2, 0.25) is 0 Å². The van der Waals surface area contributed by atoms with Crippen LogP contribution in [0.3, 0.4) is 0 Å². The molecule has 0 radical (unpaired) electrons. The Morgan fingerprint density at radius 3 is 2.59 bits per heavy atom. The van der Waals surface area contributed by atoms with Gasteiger partial charge in [0, 0.05) is 29.7 Å². The van der Waals surface area contributed by atoms with Crippen LogP contribution < -0.4 is 5.32 Å². The number of hydrogen-bond donors (Lipinski definition) is 1. The van der Waals surface area contributed by atoms with Crippen molar-refractivity contribution < 1.29 is 13.6 Å². The fraction of sp³-hybridized carbons (Fsp3) is 0.0800. The van der Waals surface area contributed by atoms with Gasteiger partial charge in [0.15, 0.2) is 5.82 Å². The van der Waals surface area contributed by atoms with Crippen LogP contribution in [0.15, 0.2) is 73.1 Å². The number of nitrogens with one attached hydrogen (secondary N) is 1. The van der Waals surface area contributed by atoms with E-state index >= 15 is 0 Å². The van der Waals surface area contributed by atoms with Gasteiger partial charge in [0.1, 0.15) is 11.6 Å². The smallest absolute Gasteiger partial charge is 0.230 e. The fourth-order valence-electron chi connectivity index (χ4n) is 3.62. The summed E-state index contributed by atoms with van der Waals surface area (Å²) in [5.74, 6) is -1.46. The topological polar surface area (TPSA) is 85.6 Å². The van der Waals surface area contributed by atoms with Gasteiger partial charge < -0.3 is 5.32 Å². The van der Waals surface area contributed by atoms with Crippen molar-refractivity contribution >= 4 is 22.6 Å². The van der Waals surface area contributed by atoms with Gasteiger partial charge in [-0.3, -0.25) is 14.8 Å². The number of amides is 1. The first-order valence-corrected chi connectivity index (χ1v) is 10.5. The quantitative estimate of drug-likeness (QED) is 0.416. The van der Waals surface area contributed by atoms with Crippen molar-refractivity contribution in [2.45, 2.75) is 13.3 Å². The van der Waals surface area contributed by atoms with E-state index in [-0.39, 0.29) is 12.1 Å². The molecule has 0 fully saturated rings. The van der Waals surface area contributed by atoms with Crippen molar-refractivity contribution in [1.82, 2.24) is 24.7 Å². The van der Waals surface area contributed by atoms with Crippen molar-refractivity contribution in [2.24, 2.45) is 0 Å². The molecule has 34 heavy (non-hydrogen) atoms. The van der Waals surface area contributed by atoms with Crippen LogP contribution >= 0.6 is 0 Å². The van der Waals surface area contributed by atoms with Gasteiger partial charge in [-0.2, -0.15) is 5.10 Å². The van der Waals surface area contributed by atoms with Gasteiger partial charge in [-0.25, -0.2) is 18.4 Å². The molecule has 2 aromatic carbocycles. The van der Waals surface area contributed by atoms with Crippen LogP contribution in [-0.2, 0) is 11.2 Å². The van der Waals surface area contributed by atoms with Gasteiger partial charge in [0.2, 0.25) is 5.91 Å². The highest BCUT2D eigenvalue weighted by molar-refractivity contribution is 5.92. The van der Waals surface area contributed by atoms with Gasteiger partial charge in [-0.05, 0) is 49.4 Å². The van der Waals surface area contributed by atoms with Crippen molar-refractivity contribution in [2.75, 3.05) is 5.32 Å². The van der Waals surface area contributed by atoms with E-state index in [9.17, 15) is 13.6 Å². The largest absolute Gasteiger partial charge is 0.323 e. The monoisotopic (exact) mass is 456 g/mol. The highest BCUT2D eigenvalue weighted by atomic mass is 19.1. The highest BCUT2D eigenvalue weighted by Crippen LogP contribution is 2.26. The predicted molar refractivity (Wildman–Crippen MR) is 123 cm³/mol. The summed E-state index contributed by atoms with van der Waals surface area (Å²) in [5, 5.41) is 7.06. The van der Waals surface area contributed by atoms with E-state index in [1.165, 1.54) is 6.07 Å². The number of halogens is 2. The lowest BCUT2D eigenvalue weighted by molar-refractivity contribution is -0.115. The minimum Gasteiger partial charge on any atom is -0.323 e. The van der Waals surface area contributed by atoms with Crippen LogP contribution in [0, 0.1) is 18.6 Å². The van der Waals surface area contributed by atoms with Crippen molar-refractivity contribution in [3.63, 3.8) is 0 Å². The third-order valence-electron chi connectivity index (χ3n) is 5.16. The molecule has 0 spiro atoms. The zero-order valence-electron chi connectivity index (χ0n) is 18.0. The number of anilines is 1. The minimum absolute atomic E-state index is 0.0977. The summed E-state index contributed by atoms with van der Waals surface area (Å²) in [6.07, 6.45) is 3.13. The van der Waals surface area contributed by atoms with E-state index in [0.717, 1.165) is 28.4 Å². The van der Waals surface area contributed by atoms with E-state index < -0.39 is 17.5 Å². The maximum absolute atomic E-state index is 13.9. The first-order valence-electron chi connectivity index (χ1n) is 10.5. The number of carbonyl (C=O) groups is 1. The fourth-order valence-corrected chi connectivity index (χ4v) is 3.62. The molecule has 0 unspecified atom stereocenters. The number of carbonyl (C=O) groups excluding carboxylic acids is 1. The van der Waals surface area contributed by atoms with E-state index in [1.54, 1.807) is 23.1 Å². The first-order chi connectivity index (χ1) is 16.5. The molecule has 0 atom stereocenters. The molecule has 5 aromatic rings. The summed E-state index contributed by atoms with van der Waals surface area (Å²) in [5.41, 5.74) is 4.18. The normalized spacial score (nSPS) is 11.0. The van der Waals surface area contributed by atoms with Crippen molar-refractivity contribution in [1.29, 1.82) is 0 Å². The second-order valence-corrected chi connectivity index (χ2v) is 7.68. The maximum Gasteiger partial charge on any atom is 0.230 e. The molecule has 1 amide bonds. The van der Waals surface area contributed by atoms with Crippen LogP contribution in [0.25, 0.3) is 28.1 Å². The van der Waals surface area contributed by atoms with E-state index in [0.29, 0.717) is 23.3 Å². The van der Waals surface area contributed by atoms with Crippen LogP contribution in [0.5, 0.6) is 0 Å². The van der Waals surface area contributed by atoms with Gasteiger partial charge in [0.25, 0.3) is 0 Å². The average molecular weight is 456 g/mol. The Morgan fingerprint density at radius 1 is 0.971 bits per heavy atom. The van der Waals surface area contributed by atoms with E-state index in [4.69, 9.17) is 0 Å². The average Bonchev–Trinajstić information content (AvgIpc) is 3.24. The molecule has 7 nitrogen and oxygen atoms in total. The minimum atomic E-state index is -0.846. The number of rotatable bonds is 5. The second-order valence-electron chi connectivity index (χ2n) is 7.68. The Labute approximate surface area is 193 Å². The summed E-state index contributed by atoms with van der Waals surface area (Å²) in [6.45, 7) is 1.88. The number of benzene rings is 2. The molecular weight excluding hydrogens is 438 g/mol. The molecule has 0 saturated carbocycles. The Bertz CT molecular complexity index is 1530. The maximum atomic E-state index is 13.9. The Morgan fingerprint density at radius 2 is 1.79 bits per heavy atom. The number of aromatic nitrogens is 5. The number of hydrogen-bond acceptors (Lipinski definition) is 5. The van der Waals surface area contributed by atoms with Gasteiger partial charge >= 0.3 is 0 Å². The zero-order valence-corrected chi connectivity index (χ0v) is 18.0.